The smallest absolute Gasteiger partial charge is 0.268 e. The summed E-state index contributed by atoms with van der Waals surface area (Å²) < 4.78 is 5.87. The van der Waals surface area contributed by atoms with Crippen molar-refractivity contribution in [2.24, 2.45) is 0 Å². The molecule has 0 fully saturated rings. The standard InChI is InChI=1S/C21H15N5O2S/c22-11-12-10-14-17(23)18(29-21(14)26-19(12)24)20(27)25-15-8-4-5-9-16(15)28-13-6-2-1-3-7-13/h1-10H,23H2,(H2,24,26)(H,25,27). The number of ether oxygens (including phenoxy) is 1. The second-order valence-electron chi connectivity index (χ2n) is 6.10. The zero-order valence-electron chi connectivity index (χ0n) is 15.0. The minimum atomic E-state index is -0.397. The van der Waals surface area contributed by atoms with Crippen LogP contribution in [-0.4, -0.2) is 10.9 Å². The lowest BCUT2D eigenvalue weighted by molar-refractivity contribution is 0.103. The number of pyridine rings is 1. The van der Waals surface area contributed by atoms with Gasteiger partial charge < -0.3 is 21.5 Å². The number of carbonyl (C=O) groups excluding carboxylic acids is 1. The number of thiophene rings is 1. The first-order valence-corrected chi connectivity index (χ1v) is 9.40. The zero-order chi connectivity index (χ0) is 20.4. The third kappa shape index (κ3) is 3.54. The molecule has 0 aliphatic carbocycles. The number of rotatable bonds is 4. The first-order valence-electron chi connectivity index (χ1n) is 8.58. The molecule has 0 radical (unpaired) electrons. The van der Waals surface area contributed by atoms with Gasteiger partial charge in [-0.2, -0.15) is 5.26 Å². The predicted octanol–water partition coefficient (Wildman–Crippen LogP) is 4.38. The van der Waals surface area contributed by atoms with Crippen LogP contribution in [0.1, 0.15) is 15.2 Å². The van der Waals surface area contributed by atoms with Gasteiger partial charge >= 0.3 is 0 Å². The largest absolute Gasteiger partial charge is 0.455 e. The van der Waals surface area contributed by atoms with Crippen LogP contribution in [-0.2, 0) is 0 Å². The van der Waals surface area contributed by atoms with Gasteiger partial charge in [-0.3, -0.25) is 4.79 Å². The number of hydrogen-bond donors (Lipinski definition) is 3. The number of benzene rings is 2. The molecule has 0 atom stereocenters. The van der Waals surface area contributed by atoms with Crippen LogP contribution in [0.25, 0.3) is 10.2 Å². The number of amides is 1. The van der Waals surface area contributed by atoms with E-state index in [0.717, 1.165) is 11.3 Å². The average molecular weight is 401 g/mol. The van der Waals surface area contributed by atoms with Crippen molar-refractivity contribution in [1.82, 2.24) is 4.98 Å². The van der Waals surface area contributed by atoms with E-state index >= 15 is 0 Å². The van der Waals surface area contributed by atoms with Crippen molar-refractivity contribution in [3.63, 3.8) is 0 Å². The van der Waals surface area contributed by atoms with E-state index in [-0.39, 0.29) is 21.9 Å². The monoisotopic (exact) mass is 401 g/mol. The average Bonchev–Trinajstić information content (AvgIpc) is 3.05. The molecule has 0 spiro atoms. The first-order chi connectivity index (χ1) is 14.1. The molecule has 0 saturated heterocycles. The van der Waals surface area contributed by atoms with Gasteiger partial charge in [0, 0.05) is 5.39 Å². The summed E-state index contributed by atoms with van der Waals surface area (Å²) in [6, 6.07) is 19.9. The second-order valence-corrected chi connectivity index (χ2v) is 7.10. The maximum Gasteiger partial charge on any atom is 0.268 e. The van der Waals surface area contributed by atoms with Crippen LogP contribution < -0.4 is 21.5 Å². The van der Waals surface area contributed by atoms with Crippen molar-refractivity contribution in [1.29, 1.82) is 5.26 Å². The van der Waals surface area contributed by atoms with Gasteiger partial charge in [0.05, 0.1) is 16.9 Å². The van der Waals surface area contributed by atoms with Crippen molar-refractivity contribution in [2.45, 2.75) is 0 Å². The van der Waals surface area contributed by atoms with Crippen molar-refractivity contribution in [3.05, 3.63) is 71.1 Å². The Morgan fingerprint density at radius 1 is 1.10 bits per heavy atom. The molecule has 0 bridgehead atoms. The fraction of sp³-hybridized carbons (Fsp3) is 0. The Bertz CT molecular complexity index is 1260. The molecule has 0 saturated carbocycles. The molecule has 2 aromatic carbocycles. The van der Waals surface area contributed by atoms with Crippen molar-refractivity contribution in [3.8, 4) is 17.6 Å². The van der Waals surface area contributed by atoms with Crippen molar-refractivity contribution >= 4 is 44.7 Å². The van der Waals surface area contributed by atoms with Gasteiger partial charge in [0.1, 0.15) is 27.3 Å². The maximum atomic E-state index is 12.9. The number of nitrogens with zero attached hydrogens (tertiary/aromatic N) is 2. The number of nitrogens with one attached hydrogen (secondary N) is 1. The summed E-state index contributed by atoms with van der Waals surface area (Å²) in [4.78, 5) is 17.9. The number of anilines is 3. The number of nitrogen functional groups attached to an aromatic ring is 2. The van der Waals surface area contributed by atoms with Crippen LogP contribution in [0.15, 0.2) is 60.7 Å². The maximum absolute atomic E-state index is 12.9. The van der Waals surface area contributed by atoms with Crippen molar-refractivity contribution < 1.29 is 9.53 Å². The van der Waals surface area contributed by atoms with E-state index < -0.39 is 5.91 Å². The summed E-state index contributed by atoms with van der Waals surface area (Å²) in [5, 5.41) is 12.5. The van der Waals surface area contributed by atoms with Gasteiger partial charge in [0.15, 0.2) is 5.75 Å². The fourth-order valence-corrected chi connectivity index (χ4v) is 3.75. The minimum Gasteiger partial charge on any atom is -0.455 e. The normalized spacial score (nSPS) is 10.4. The number of hydrogen-bond acceptors (Lipinski definition) is 7. The van der Waals surface area contributed by atoms with Crippen LogP contribution in [0.5, 0.6) is 11.5 Å². The molecule has 4 rings (SSSR count). The molecular weight excluding hydrogens is 386 g/mol. The van der Waals surface area contributed by atoms with E-state index in [2.05, 4.69) is 10.3 Å². The minimum absolute atomic E-state index is 0.106. The summed E-state index contributed by atoms with van der Waals surface area (Å²) in [6.07, 6.45) is 0. The van der Waals surface area contributed by atoms with E-state index in [1.807, 2.05) is 42.5 Å². The Hall–Kier alpha value is -4.09. The van der Waals surface area contributed by atoms with Gasteiger partial charge in [0.2, 0.25) is 0 Å². The summed E-state index contributed by atoms with van der Waals surface area (Å²) in [7, 11) is 0. The van der Waals surface area contributed by atoms with Crippen LogP contribution in [0.2, 0.25) is 0 Å². The molecule has 5 N–H and O–H groups in total. The van der Waals surface area contributed by atoms with Crippen LogP contribution >= 0.6 is 11.3 Å². The Labute approximate surface area is 170 Å². The molecule has 0 aliphatic rings. The molecule has 2 aromatic heterocycles. The van der Waals surface area contributed by atoms with Gasteiger partial charge in [0.25, 0.3) is 5.91 Å². The van der Waals surface area contributed by atoms with Gasteiger partial charge in [-0.05, 0) is 30.3 Å². The lowest BCUT2D eigenvalue weighted by Gasteiger charge is -2.12. The molecule has 1 amide bonds. The SMILES string of the molecule is N#Cc1cc2c(N)c(C(=O)Nc3ccccc3Oc3ccccc3)sc2nc1N. The number of aromatic nitrogens is 1. The van der Waals surface area contributed by atoms with E-state index in [9.17, 15) is 4.79 Å². The van der Waals surface area contributed by atoms with Gasteiger partial charge in [-0.1, -0.05) is 30.3 Å². The first kappa shape index (κ1) is 18.3. The fourth-order valence-electron chi connectivity index (χ4n) is 2.77. The Morgan fingerprint density at radius 3 is 2.59 bits per heavy atom. The van der Waals surface area contributed by atoms with Crippen LogP contribution in [0.3, 0.4) is 0 Å². The van der Waals surface area contributed by atoms with Gasteiger partial charge in [-0.25, -0.2) is 4.98 Å². The molecular formula is C21H15N5O2S. The Balaban J connectivity index is 1.65. The summed E-state index contributed by atoms with van der Waals surface area (Å²) in [5.74, 6) is 0.863. The molecule has 0 aliphatic heterocycles. The number of carbonyl (C=O) groups is 1. The van der Waals surface area contributed by atoms with Crippen LogP contribution in [0, 0.1) is 11.3 Å². The highest BCUT2D eigenvalue weighted by atomic mass is 32.1. The highest BCUT2D eigenvalue weighted by Gasteiger charge is 2.20. The summed E-state index contributed by atoms with van der Waals surface area (Å²) in [5.41, 5.74) is 12.9. The highest BCUT2D eigenvalue weighted by molar-refractivity contribution is 7.21. The topological polar surface area (TPSA) is 127 Å². The summed E-state index contributed by atoms with van der Waals surface area (Å²) in [6.45, 7) is 0. The quantitative estimate of drug-likeness (QED) is 0.466. The van der Waals surface area contributed by atoms with E-state index in [0.29, 0.717) is 27.4 Å². The number of para-hydroxylation sites is 3. The number of nitriles is 1. The predicted molar refractivity (Wildman–Crippen MR) is 114 cm³/mol. The third-order valence-corrected chi connectivity index (χ3v) is 5.30. The van der Waals surface area contributed by atoms with E-state index in [1.54, 1.807) is 24.3 Å². The molecule has 7 nitrogen and oxygen atoms in total. The lowest BCUT2D eigenvalue weighted by Crippen LogP contribution is -2.12. The third-order valence-electron chi connectivity index (χ3n) is 4.18. The second kappa shape index (κ2) is 7.50. The van der Waals surface area contributed by atoms with Crippen molar-refractivity contribution in [2.75, 3.05) is 16.8 Å². The van der Waals surface area contributed by atoms with Gasteiger partial charge in [-0.15, -0.1) is 11.3 Å². The Morgan fingerprint density at radius 2 is 1.83 bits per heavy atom. The molecule has 4 aromatic rings. The molecule has 0 unspecified atom stereocenters. The van der Waals surface area contributed by atoms with E-state index in [4.69, 9.17) is 21.5 Å². The lowest BCUT2D eigenvalue weighted by atomic mass is 10.2. The highest BCUT2D eigenvalue weighted by Crippen LogP contribution is 2.36. The number of nitrogens with two attached hydrogens (primary N) is 2. The molecule has 29 heavy (non-hydrogen) atoms. The molecule has 8 heteroatoms. The summed E-state index contributed by atoms with van der Waals surface area (Å²) >= 11 is 1.12. The van der Waals surface area contributed by atoms with E-state index in [1.165, 1.54) is 0 Å². The molecule has 142 valence electrons. The zero-order valence-corrected chi connectivity index (χ0v) is 15.9. The Kier molecular flexibility index (Phi) is 4.73. The van der Waals surface area contributed by atoms with Crippen LogP contribution in [0.4, 0.5) is 17.2 Å². The molecule has 2 heterocycles. The number of fused-ring (bicyclic) bond motifs is 1.